The van der Waals surface area contributed by atoms with Gasteiger partial charge in [0.1, 0.15) is 13.2 Å². The molecule has 0 aliphatic carbocycles. The van der Waals surface area contributed by atoms with E-state index in [1.165, 1.54) is 25.7 Å². The molecule has 0 aromatic rings. The molecule has 6 heteroatoms. The highest BCUT2D eigenvalue weighted by molar-refractivity contribution is 5.71. The highest BCUT2D eigenvalue weighted by Crippen LogP contribution is 2.13. The van der Waals surface area contributed by atoms with Gasteiger partial charge in [0.05, 0.1) is 0 Å². The molecule has 0 heterocycles. The van der Waals surface area contributed by atoms with Gasteiger partial charge in [-0.25, -0.2) is 0 Å². The summed E-state index contributed by atoms with van der Waals surface area (Å²) in [5.41, 5.74) is 0. The van der Waals surface area contributed by atoms with Crippen molar-refractivity contribution in [2.45, 2.75) is 245 Å². The third-order valence-electron chi connectivity index (χ3n) is 12.6. The van der Waals surface area contributed by atoms with E-state index in [1.54, 1.807) is 0 Å². The number of allylic oxidation sites excluding steroid dienone is 32. The summed E-state index contributed by atoms with van der Waals surface area (Å²) in [6.45, 7) is 6.20. The summed E-state index contributed by atoms with van der Waals surface area (Å²) in [7, 11) is 0. The summed E-state index contributed by atoms with van der Waals surface area (Å²) in [6.07, 6.45) is 102. The average molecular weight is 1110 g/mol. The summed E-state index contributed by atoms with van der Waals surface area (Å²) >= 11 is 0. The second-order valence-electron chi connectivity index (χ2n) is 20.2. The predicted molar refractivity (Wildman–Crippen MR) is 352 cm³/mol. The number of esters is 3. The first-order valence-corrected chi connectivity index (χ1v) is 31.9. The van der Waals surface area contributed by atoms with Crippen molar-refractivity contribution in [2.24, 2.45) is 0 Å². The lowest BCUT2D eigenvalue weighted by Crippen LogP contribution is -2.30. The van der Waals surface area contributed by atoms with Crippen LogP contribution in [-0.2, 0) is 28.6 Å². The van der Waals surface area contributed by atoms with Crippen molar-refractivity contribution >= 4 is 17.9 Å². The number of hydrogen-bond acceptors (Lipinski definition) is 6. The molecule has 81 heavy (non-hydrogen) atoms. The minimum Gasteiger partial charge on any atom is -0.462 e. The van der Waals surface area contributed by atoms with Crippen LogP contribution in [0.1, 0.15) is 239 Å². The number of hydrogen-bond donors (Lipinski definition) is 0. The van der Waals surface area contributed by atoms with E-state index < -0.39 is 12.1 Å². The van der Waals surface area contributed by atoms with E-state index in [2.05, 4.69) is 203 Å². The number of carbonyl (C=O) groups excluding carboxylic acids is 3. The van der Waals surface area contributed by atoms with Crippen LogP contribution in [0, 0.1) is 0 Å². The van der Waals surface area contributed by atoms with Gasteiger partial charge in [0.25, 0.3) is 0 Å². The maximum atomic E-state index is 12.9. The molecule has 450 valence electrons. The third-order valence-corrected chi connectivity index (χ3v) is 12.6. The normalized spacial score (nSPS) is 13.5. The number of unbranched alkanes of at least 4 members (excludes halogenated alkanes) is 12. The van der Waals surface area contributed by atoms with Gasteiger partial charge in [0, 0.05) is 19.3 Å². The van der Waals surface area contributed by atoms with Gasteiger partial charge >= 0.3 is 17.9 Å². The molecule has 1 atom stereocenters. The van der Waals surface area contributed by atoms with Crippen LogP contribution >= 0.6 is 0 Å². The minimum atomic E-state index is -0.845. The van der Waals surface area contributed by atoms with Crippen LogP contribution in [0.15, 0.2) is 194 Å². The molecule has 0 aliphatic heterocycles. The average Bonchev–Trinajstić information content (AvgIpc) is 3.47. The Morgan fingerprint density at radius 3 is 0.741 bits per heavy atom. The molecule has 6 nitrogen and oxygen atoms in total. The monoisotopic (exact) mass is 1110 g/mol. The fraction of sp³-hybridized carbons (Fsp3) is 0.533. The van der Waals surface area contributed by atoms with Gasteiger partial charge in [-0.3, -0.25) is 14.4 Å². The minimum absolute atomic E-state index is 0.131. The second-order valence-corrected chi connectivity index (χ2v) is 20.2. The molecule has 0 saturated heterocycles. The Balaban J connectivity index is 4.58. The Morgan fingerprint density at radius 1 is 0.247 bits per heavy atom. The molecule has 0 spiro atoms. The summed E-state index contributed by atoms with van der Waals surface area (Å²) in [5.74, 6) is -1.05. The van der Waals surface area contributed by atoms with Crippen LogP contribution in [0.5, 0.6) is 0 Å². The fourth-order valence-electron chi connectivity index (χ4n) is 7.93. The maximum Gasteiger partial charge on any atom is 0.306 e. The molecule has 0 N–H and O–H groups in total. The summed E-state index contributed by atoms with van der Waals surface area (Å²) in [6, 6.07) is 0. The van der Waals surface area contributed by atoms with E-state index in [0.29, 0.717) is 19.3 Å². The van der Waals surface area contributed by atoms with Gasteiger partial charge in [-0.2, -0.15) is 0 Å². The Kier molecular flexibility index (Phi) is 62.0. The topological polar surface area (TPSA) is 78.9 Å². The van der Waals surface area contributed by atoms with Crippen LogP contribution < -0.4 is 0 Å². The van der Waals surface area contributed by atoms with Crippen LogP contribution in [-0.4, -0.2) is 37.2 Å². The number of ether oxygens (including phenoxy) is 3. The molecule has 0 saturated carbocycles. The van der Waals surface area contributed by atoms with E-state index in [4.69, 9.17) is 14.2 Å². The van der Waals surface area contributed by atoms with Crippen LogP contribution in [0.2, 0.25) is 0 Å². The molecule has 0 bridgehead atoms. The van der Waals surface area contributed by atoms with Crippen molar-refractivity contribution < 1.29 is 28.6 Å². The second kappa shape index (κ2) is 66.8. The van der Waals surface area contributed by atoms with E-state index in [9.17, 15) is 14.4 Å². The highest BCUT2D eigenvalue weighted by Gasteiger charge is 2.19. The van der Waals surface area contributed by atoms with Gasteiger partial charge in [-0.1, -0.05) is 267 Å². The summed E-state index contributed by atoms with van der Waals surface area (Å²) in [4.78, 5) is 38.3. The molecule has 0 radical (unpaired) electrons. The van der Waals surface area contributed by atoms with Crippen molar-refractivity contribution in [3.8, 4) is 0 Å². The summed E-state index contributed by atoms with van der Waals surface area (Å²) < 4.78 is 16.8. The quantitative estimate of drug-likeness (QED) is 0.0261. The smallest absolute Gasteiger partial charge is 0.306 e. The van der Waals surface area contributed by atoms with Crippen LogP contribution in [0.4, 0.5) is 0 Å². The summed E-state index contributed by atoms with van der Waals surface area (Å²) in [5, 5.41) is 0. The molecule has 0 aromatic carbocycles. The Labute approximate surface area is 497 Å². The molecule has 0 amide bonds. The molecular formula is C75H114O6. The number of rotatable bonds is 55. The van der Waals surface area contributed by atoms with E-state index >= 15 is 0 Å². The lowest BCUT2D eigenvalue weighted by Gasteiger charge is -2.18. The number of carbonyl (C=O) groups is 3. The van der Waals surface area contributed by atoms with Crippen molar-refractivity contribution in [2.75, 3.05) is 13.2 Å². The predicted octanol–water partition coefficient (Wildman–Crippen LogP) is 22.2. The maximum absolute atomic E-state index is 12.9. The first-order valence-electron chi connectivity index (χ1n) is 31.9. The van der Waals surface area contributed by atoms with Crippen molar-refractivity contribution in [1.29, 1.82) is 0 Å². The Bertz CT molecular complexity index is 1950. The SMILES string of the molecule is CC/C=C\C/C=C\C/C=C\C/C=C\C/C=C\C/C=C\CCCCCCCCC(=O)OCC(COC(=O)CCCCCCCC/C=C\C/C=C\C/C=C\C/C=C\CC)OC(=O)CC/C=C\C/C=C\C/C=C\C/C=C\C/C=C\C/C=C\CC. The zero-order valence-electron chi connectivity index (χ0n) is 51.5. The van der Waals surface area contributed by atoms with Gasteiger partial charge < -0.3 is 14.2 Å². The molecule has 0 aromatic heterocycles. The zero-order valence-corrected chi connectivity index (χ0v) is 51.5. The van der Waals surface area contributed by atoms with E-state index in [-0.39, 0.29) is 31.6 Å². The third kappa shape index (κ3) is 64.9. The highest BCUT2D eigenvalue weighted by atomic mass is 16.6. The molecule has 1 unspecified atom stereocenters. The van der Waals surface area contributed by atoms with Gasteiger partial charge in [-0.05, 0) is 148 Å². The Morgan fingerprint density at radius 2 is 0.469 bits per heavy atom. The van der Waals surface area contributed by atoms with Gasteiger partial charge in [-0.15, -0.1) is 0 Å². The van der Waals surface area contributed by atoms with Crippen molar-refractivity contribution in [1.82, 2.24) is 0 Å². The van der Waals surface area contributed by atoms with Crippen molar-refractivity contribution in [3.05, 3.63) is 194 Å². The van der Waals surface area contributed by atoms with Gasteiger partial charge in [0.15, 0.2) is 6.10 Å². The zero-order chi connectivity index (χ0) is 58.5. The Hall–Kier alpha value is -5.75. The molecule has 0 fully saturated rings. The largest absolute Gasteiger partial charge is 0.462 e. The van der Waals surface area contributed by atoms with Crippen molar-refractivity contribution in [3.63, 3.8) is 0 Å². The lowest BCUT2D eigenvalue weighted by atomic mass is 10.1. The van der Waals surface area contributed by atoms with Crippen LogP contribution in [0.3, 0.4) is 0 Å². The van der Waals surface area contributed by atoms with Crippen LogP contribution in [0.25, 0.3) is 0 Å². The van der Waals surface area contributed by atoms with E-state index in [1.807, 2.05) is 12.2 Å². The fourth-order valence-corrected chi connectivity index (χ4v) is 7.93. The van der Waals surface area contributed by atoms with E-state index in [0.717, 1.165) is 167 Å². The standard InChI is InChI=1S/C75H114O6/c1-4-7-10-13-16-19-22-25-28-31-34-35-36-37-38-39-42-44-47-50-53-56-59-62-65-68-74(77)80-71-72(81-75(78)69-66-63-60-57-54-51-48-45-41-33-30-27-24-21-18-15-12-9-6-3)70-79-73(76)67-64-61-58-55-52-49-46-43-40-32-29-26-23-20-17-14-11-8-5-2/h7-12,16-21,25-30,34-35,37-38,40-45,51,54,60,63,72H,4-6,13-15,22-24,31-33,36,39,46-50,52-53,55-59,61-62,64-71H2,1-3H3/b10-7-,11-8-,12-9-,19-16-,20-17-,21-18-,28-25-,29-26-,30-27-,35-34-,38-37-,43-40-,44-42-,45-41-,54-51-,63-60-. The van der Waals surface area contributed by atoms with Gasteiger partial charge in [0.2, 0.25) is 0 Å². The first-order chi connectivity index (χ1) is 40.0. The lowest BCUT2D eigenvalue weighted by molar-refractivity contribution is -0.166. The first kappa shape index (κ1) is 75.2. The molecule has 0 aliphatic rings. The molecular weight excluding hydrogens is 997 g/mol. The molecule has 0 rings (SSSR count).